The summed E-state index contributed by atoms with van der Waals surface area (Å²) in [6.07, 6.45) is 2.85. The predicted octanol–water partition coefficient (Wildman–Crippen LogP) is 0.987. The predicted molar refractivity (Wildman–Crippen MR) is 83.4 cm³/mol. The van der Waals surface area contributed by atoms with Gasteiger partial charge in [0.2, 0.25) is 10.0 Å². The van der Waals surface area contributed by atoms with Crippen LogP contribution in [0.1, 0.15) is 24.8 Å². The molecule has 4 N–H and O–H groups in total. The van der Waals surface area contributed by atoms with Gasteiger partial charge in [0.25, 0.3) is 0 Å². The number of hydrogen-bond donors (Lipinski definition) is 3. The maximum atomic E-state index is 11.4. The average molecular weight is 313 g/mol. The van der Waals surface area contributed by atoms with Crippen LogP contribution in [-0.4, -0.2) is 33.3 Å². The zero-order valence-corrected chi connectivity index (χ0v) is 12.9. The number of sulfonamides is 1. The van der Waals surface area contributed by atoms with Crippen LogP contribution in [0.2, 0.25) is 0 Å². The lowest BCUT2D eigenvalue weighted by atomic mass is 10.1. The van der Waals surface area contributed by atoms with Crippen molar-refractivity contribution in [2.24, 2.45) is 5.14 Å². The molecule has 0 bridgehead atoms. The van der Waals surface area contributed by atoms with Crippen molar-refractivity contribution in [2.75, 3.05) is 18.8 Å². The van der Waals surface area contributed by atoms with Gasteiger partial charge in [0, 0.05) is 13.1 Å². The highest BCUT2D eigenvalue weighted by atomic mass is 32.2. The minimum Gasteiger partial charge on any atom is -0.338 e. The molecule has 0 heterocycles. The quantitative estimate of drug-likeness (QED) is 0.592. The molecule has 0 aliphatic rings. The molecule has 0 saturated heterocycles. The number of benzene rings is 1. The summed E-state index contributed by atoms with van der Waals surface area (Å²) < 4.78 is 21.4. The molecule has 2 amide bonds. The number of amides is 2. The first-order valence-electron chi connectivity index (χ1n) is 7.03. The van der Waals surface area contributed by atoms with E-state index in [9.17, 15) is 13.2 Å². The summed E-state index contributed by atoms with van der Waals surface area (Å²) in [5, 5.41) is 10.3. The molecule has 0 unspecified atom stereocenters. The maximum absolute atomic E-state index is 11.4. The number of urea groups is 1. The van der Waals surface area contributed by atoms with E-state index in [4.69, 9.17) is 5.14 Å². The average Bonchev–Trinajstić information content (AvgIpc) is 2.43. The van der Waals surface area contributed by atoms with Crippen LogP contribution in [-0.2, 0) is 16.4 Å². The lowest BCUT2D eigenvalue weighted by Gasteiger charge is -2.07. The van der Waals surface area contributed by atoms with E-state index in [1.165, 1.54) is 5.56 Å². The molecule has 0 spiro atoms. The van der Waals surface area contributed by atoms with Crippen LogP contribution >= 0.6 is 0 Å². The third kappa shape index (κ3) is 9.86. The van der Waals surface area contributed by atoms with E-state index >= 15 is 0 Å². The van der Waals surface area contributed by atoms with Crippen LogP contribution in [0.25, 0.3) is 0 Å². The van der Waals surface area contributed by atoms with Gasteiger partial charge in [0.1, 0.15) is 0 Å². The van der Waals surface area contributed by atoms with Gasteiger partial charge in [0.05, 0.1) is 5.75 Å². The fraction of sp³-hybridized carbons (Fsp3) is 0.500. The molecule has 1 aromatic rings. The summed E-state index contributed by atoms with van der Waals surface area (Å²) in [4.78, 5) is 11.4. The van der Waals surface area contributed by atoms with Gasteiger partial charge in [0.15, 0.2) is 0 Å². The molecule has 0 aliphatic carbocycles. The van der Waals surface area contributed by atoms with Crippen molar-refractivity contribution < 1.29 is 13.2 Å². The second-order valence-electron chi connectivity index (χ2n) is 4.85. The van der Waals surface area contributed by atoms with Crippen LogP contribution in [0, 0.1) is 0 Å². The number of carbonyl (C=O) groups excluding carboxylic acids is 1. The zero-order chi connectivity index (χ0) is 15.6. The normalized spacial score (nSPS) is 11.1. The Labute approximate surface area is 126 Å². The Morgan fingerprint density at radius 3 is 2.24 bits per heavy atom. The van der Waals surface area contributed by atoms with Gasteiger partial charge >= 0.3 is 6.03 Å². The van der Waals surface area contributed by atoms with Crippen molar-refractivity contribution in [1.29, 1.82) is 0 Å². The van der Waals surface area contributed by atoms with Crippen LogP contribution in [0.5, 0.6) is 0 Å². The number of hydrogen-bond acceptors (Lipinski definition) is 3. The highest BCUT2D eigenvalue weighted by molar-refractivity contribution is 7.89. The fourth-order valence-corrected chi connectivity index (χ4v) is 2.44. The Bertz CT molecular complexity index is 518. The van der Waals surface area contributed by atoms with E-state index in [-0.39, 0.29) is 11.8 Å². The molecule has 21 heavy (non-hydrogen) atoms. The SMILES string of the molecule is NS(=O)(=O)CCCCNC(=O)NCCCc1ccccc1. The first-order chi connectivity index (χ1) is 9.97. The molecular weight excluding hydrogens is 290 g/mol. The summed E-state index contributed by atoms with van der Waals surface area (Å²) in [5.74, 6) is -0.0482. The van der Waals surface area contributed by atoms with Crippen molar-refractivity contribution in [2.45, 2.75) is 25.7 Å². The number of unbranched alkanes of at least 4 members (excludes halogenated alkanes) is 1. The Morgan fingerprint density at radius 2 is 1.62 bits per heavy atom. The smallest absolute Gasteiger partial charge is 0.314 e. The van der Waals surface area contributed by atoms with Gasteiger partial charge in [-0.15, -0.1) is 0 Å². The van der Waals surface area contributed by atoms with Gasteiger partial charge in [-0.2, -0.15) is 0 Å². The molecule has 6 nitrogen and oxygen atoms in total. The molecule has 0 aromatic heterocycles. The van der Waals surface area contributed by atoms with Crippen molar-refractivity contribution in [1.82, 2.24) is 10.6 Å². The van der Waals surface area contributed by atoms with Crippen molar-refractivity contribution in [3.63, 3.8) is 0 Å². The van der Waals surface area contributed by atoms with Crippen molar-refractivity contribution in [3.8, 4) is 0 Å². The monoisotopic (exact) mass is 313 g/mol. The summed E-state index contributed by atoms with van der Waals surface area (Å²) in [5.41, 5.74) is 1.25. The number of aryl methyl sites for hydroxylation is 1. The molecule has 0 atom stereocenters. The molecule has 0 saturated carbocycles. The summed E-state index contributed by atoms with van der Waals surface area (Å²) in [6.45, 7) is 1.05. The molecular formula is C14H23N3O3S. The van der Waals surface area contributed by atoms with Gasteiger partial charge in [-0.05, 0) is 31.2 Å². The van der Waals surface area contributed by atoms with Gasteiger partial charge in [-0.25, -0.2) is 18.4 Å². The molecule has 118 valence electrons. The summed E-state index contributed by atoms with van der Waals surface area (Å²) >= 11 is 0. The number of primary sulfonamides is 1. The largest absolute Gasteiger partial charge is 0.338 e. The third-order valence-electron chi connectivity index (χ3n) is 2.91. The zero-order valence-electron chi connectivity index (χ0n) is 12.0. The Balaban J connectivity index is 1.99. The number of nitrogens with one attached hydrogen (secondary N) is 2. The topological polar surface area (TPSA) is 101 Å². The van der Waals surface area contributed by atoms with E-state index in [0.29, 0.717) is 25.9 Å². The lowest BCUT2D eigenvalue weighted by molar-refractivity contribution is 0.240. The number of carbonyl (C=O) groups is 1. The summed E-state index contributed by atoms with van der Waals surface area (Å²) in [6, 6.07) is 9.87. The van der Waals surface area contributed by atoms with Crippen molar-refractivity contribution >= 4 is 16.1 Å². The maximum Gasteiger partial charge on any atom is 0.314 e. The van der Waals surface area contributed by atoms with Crippen LogP contribution in [0.15, 0.2) is 30.3 Å². The standard InChI is InChI=1S/C14H23N3O3S/c15-21(19,20)12-5-4-10-16-14(18)17-11-6-9-13-7-2-1-3-8-13/h1-3,7-8H,4-6,9-12H2,(H2,15,19,20)(H2,16,17,18). The van der Waals surface area contributed by atoms with Crippen LogP contribution in [0.4, 0.5) is 4.79 Å². The van der Waals surface area contributed by atoms with Crippen LogP contribution in [0.3, 0.4) is 0 Å². The molecule has 7 heteroatoms. The lowest BCUT2D eigenvalue weighted by Crippen LogP contribution is -2.36. The second kappa shape index (κ2) is 9.36. The molecule has 0 radical (unpaired) electrons. The highest BCUT2D eigenvalue weighted by Crippen LogP contribution is 2.01. The Morgan fingerprint density at radius 1 is 1.00 bits per heavy atom. The first kappa shape index (κ1) is 17.5. The van der Waals surface area contributed by atoms with E-state index < -0.39 is 10.0 Å². The van der Waals surface area contributed by atoms with E-state index in [0.717, 1.165) is 12.8 Å². The highest BCUT2D eigenvalue weighted by Gasteiger charge is 2.03. The first-order valence-corrected chi connectivity index (χ1v) is 8.75. The molecule has 1 aromatic carbocycles. The second-order valence-corrected chi connectivity index (χ2v) is 6.58. The number of rotatable bonds is 9. The minimum absolute atomic E-state index is 0.0482. The Kier molecular flexibility index (Phi) is 7.78. The molecule has 0 aliphatic heterocycles. The Hall–Kier alpha value is -1.60. The van der Waals surface area contributed by atoms with E-state index in [1.54, 1.807) is 0 Å². The fourth-order valence-electron chi connectivity index (χ4n) is 1.83. The van der Waals surface area contributed by atoms with E-state index in [1.807, 2.05) is 18.2 Å². The van der Waals surface area contributed by atoms with Gasteiger partial charge < -0.3 is 10.6 Å². The molecule has 1 rings (SSSR count). The van der Waals surface area contributed by atoms with Crippen molar-refractivity contribution in [3.05, 3.63) is 35.9 Å². The van der Waals surface area contributed by atoms with Crippen LogP contribution < -0.4 is 15.8 Å². The van der Waals surface area contributed by atoms with Gasteiger partial charge in [-0.1, -0.05) is 30.3 Å². The summed E-state index contributed by atoms with van der Waals surface area (Å²) in [7, 11) is -3.40. The van der Waals surface area contributed by atoms with E-state index in [2.05, 4.69) is 22.8 Å². The number of nitrogens with two attached hydrogens (primary N) is 1. The van der Waals surface area contributed by atoms with Gasteiger partial charge in [-0.3, -0.25) is 0 Å². The minimum atomic E-state index is -3.40. The third-order valence-corrected chi connectivity index (χ3v) is 3.77. The molecule has 0 fully saturated rings.